The van der Waals surface area contributed by atoms with Crippen LogP contribution in [-0.2, 0) is 0 Å². The standard InChI is InChI=1S/C9H13F3N4O/c1-16(4-3-9(10,11)12)7-6(13)8(17-2)15-5-14-7/h5H,3-4,13H2,1-2H3. The monoisotopic (exact) mass is 250 g/mol. The second kappa shape index (κ2) is 5.07. The molecule has 5 nitrogen and oxygen atoms in total. The first-order chi connectivity index (χ1) is 7.85. The van der Waals surface area contributed by atoms with Gasteiger partial charge >= 0.3 is 6.18 Å². The Morgan fingerprint density at radius 3 is 2.59 bits per heavy atom. The summed E-state index contributed by atoms with van der Waals surface area (Å²) < 4.78 is 41.0. The number of halogens is 3. The quantitative estimate of drug-likeness (QED) is 0.876. The Kier molecular flexibility index (Phi) is 3.97. The van der Waals surface area contributed by atoms with Crippen LogP contribution in [0.25, 0.3) is 0 Å². The van der Waals surface area contributed by atoms with E-state index >= 15 is 0 Å². The highest BCUT2D eigenvalue weighted by Gasteiger charge is 2.27. The van der Waals surface area contributed by atoms with Gasteiger partial charge in [-0.05, 0) is 0 Å². The molecule has 0 aliphatic rings. The van der Waals surface area contributed by atoms with E-state index in [1.165, 1.54) is 25.4 Å². The van der Waals surface area contributed by atoms with Crippen LogP contribution in [0, 0.1) is 0 Å². The molecule has 1 heterocycles. The van der Waals surface area contributed by atoms with Gasteiger partial charge in [0, 0.05) is 13.6 Å². The van der Waals surface area contributed by atoms with Crippen molar-refractivity contribution in [2.45, 2.75) is 12.6 Å². The molecule has 0 aliphatic carbocycles. The largest absolute Gasteiger partial charge is 0.479 e. The molecule has 0 aromatic carbocycles. The molecule has 0 bridgehead atoms. The summed E-state index contributed by atoms with van der Waals surface area (Å²) in [4.78, 5) is 8.88. The fraction of sp³-hybridized carbons (Fsp3) is 0.556. The van der Waals surface area contributed by atoms with Crippen molar-refractivity contribution in [3.63, 3.8) is 0 Å². The lowest BCUT2D eigenvalue weighted by Gasteiger charge is -2.20. The molecule has 0 saturated heterocycles. The number of methoxy groups -OCH3 is 1. The summed E-state index contributed by atoms with van der Waals surface area (Å²) in [6.07, 6.45) is -3.95. The van der Waals surface area contributed by atoms with Crippen LogP contribution in [0.15, 0.2) is 6.33 Å². The summed E-state index contributed by atoms with van der Waals surface area (Å²) in [6.45, 7) is -0.228. The lowest BCUT2D eigenvalue weighted by molar-refractivity contribution is -0.132. The summed E-state index contributed by atoms with van der Waals surface area (Å²) in [5, 5.41) is 0. The van der Waals surface area contributed by atoms with Crippen molar-refractivity contribution in [2.24, 2.45) is 0 Å². The molecule has 0 fully saturated rings. The molecule has 0 atom stereocenters. The van der Waals surface area contributed by atoms with E-state index < -0.39 is 12.6 Å². The predicted molar refractivity (Wildman–Crippen MR) is 56.9 cm³/mol. The third-order valence-electron chi connectivity index (χ3n) is 2.11. The topological polar surface area (TPSA) is 64.3 Å². The lowest BCUT2D eigenvalue weighted by Crippen LogP contribution is -2.25. The molecule has 0 aliphatic heterocycles. The van der Waals surface area contributed by atoms with E-state index in [0.717, 1.165) is 0 Å². The maximum Gasteiger partial charge on any atom is 0.390 e. The molecule has 1 rings (SSSR count). The van der Waals surface area contributed by atoms with E-state index in [9.17, 15) is 13.2 Å². The first-order valence-corrected chi connectivity index (χ1v) is 4.77. The van der Waals surface area contributed by atoms with Gasteiger partial charge in [0.2, 0.25) is 5.88 Å². The van der Waals surface area contributed by atoms with Gasteiger partial charge < -0.3 is 15.4 Å². The van der Waals surface area contributed by atoms with Crippen LogP contribution in [-0.4, -0.2) is 36.8 Å². The zero-order valence-electron chi connectivity index (χ0n) is 9.45. The van der Waals surface area contributed by atoms with Crippen LogP contribution in [0.4, 0.5) is 24.7 Å². The third-order valence-corrected chi connectivity index (χ3v) is 2.11. The van der Waals surface area contributed by atoms with Crippen LogP contribution in [0.1, 0.15) is 6.42 Å². The van der Waals surface area contributed by atoms with E-state index in [2.05, 4.69) is 9.97 Å². The molecule has 0 spiro atoms. The second-order valence-corrected chi connectivity index (χ2v) is 3.41. The number of hydrogen-bond donors (Lipinski definition) is 1. The number of ether oxygens (including phenoxy) is 1. The summed E-state index contributed by atoms with van der Waals surface area (Å²) in [6, 6.07) is 0. The van der Waals surface area contributed by atoms with E-state index in [1.807, 2.05) is 0 Å². The lowest BCUT2D eigenvalue weighted by atomic mass is 10.3. The van der Waals surface area contributed by atoms with E-state index in [0.29, 0.717) is 0 Å². The normalized spacial score (nSPS) is 11.4. The maximum absolute atomic E-state index is 12.1. The predicted octanol–water partition coefficient (Wildman–Crippen LogP) is 1.46. The van der Waals surface area contributed by atoms with Crippen molar-refractivity contribution >= 4 is 11.5 Å². The fourth-order valence-electron chi connectivity index (χ4n) is 1.24. The van der Waals surface area contributed by atoms with Crippen LogP contribution in [0.3, 0.4) is 0 Å². The van der Waals surface area contributed by atoms with Crippen molar-refractivity contribution in [3.05, 3.63) is 6.33 Å². The van der Waals surface area contributed by atoms with Gasteiger partial charge in [-0.3, -0.25) is 0 Å². The van der Waals surface area contributed by atoms with Crippen molar-refractivity contribution in [1.29, 1.82) is 0 Å². The molecule has 17 heavy (non-hydrogen) atoms. The van der Waals surface area contributed by atoms with Gasteiger partial charge in [-0.1, -0.05) is 0 Å². The minimum Gasteiger partial charge on any atom is -0.479 e. The Bertz CT molecular complexity index is 383. The number of nitrogens with zero attached hydrogens (tertiary/aromatic N) is 3. The Balaban J connectivity index is 2.79. The molecule has 0 amide bonds. The molecule has 96 valence electrons. The van der Waals surface area contributed by atoms with E-state index in [4.69, 9.17) is 10.5 Å². The average Bonchev–Trinajstić information content (AvgIpc) is 2.25. The zero-order valence-corrected chi connectivity index (χ0v) is 9.45. The molecular formula is C9H13F3N4O. The number of anilines is 2. The summed E-state index contributed by atoms with van der Waals surface area (Å²) in [5.74, 6) is 0.370. The van der Waals surface area contributed by atoms with Gasteiger partial charge in [-0.25, -0.2) is 4.98 Å². The summed E-state index contributed by atoms with van der Waals surface area (Å²) >= 11 is 0. The van der Waals surface area contributed by atoms with Gasteiger partial charge in [-0.2, -0.15) is 18.2 Å². The van der Waals surface area contributed by atoms with Crippen LogP contribution < -0.4 is 15.4 Å². The van der Waals surface area contributed by atoms with E-state index in [-0.39, 0.29) is 23.9 Å². The highest BCUT2D eigenvalue weighted by molar-refractivity contribution is 5.67. The third kappa shape index (κ3) is 3.65. The number of alkyl halides is 3. The fourth-order valence-corrected chi connectivity index (χ4v) is 1.24. The summed E-state index contributed by atoms with van der Waals surface area (Å²) in [7, 11) is 2.85. The number of rotatable bonds is 4. The van der Waals surface area contributed by atoms with Crippen LogP contribution >= 0.6 is 0 Å². The van der Waals surface area contributed by atoms with Crippen LogP contribution in [0.2, 0.25) is 0 Å². The number of aromatic nitrogens is 2. The average molecular weight is 250 g/mol. The smallest absolute Gasteiger partial charge is 0.390 e. The molecule has 0 radical (unpaired) electrons. The van der Waals surface area contributed by atoms with Gasteiger partial charge in [0.15, 0.2) is 5.82 Å². The zero-order chi connectivity index (χ0) is 13.1. The van der Waals surface area contributed by atoms with Gasteiger partial charge in [0.25, 0.3) is 0 Å². The van der Waals surface area contributed by atoms with Crippen molar-refractivity contribution in [2.75, 3.05) is 31.3 Å². The maximum atomic E-state index is 12.1. The minimum atomic E-state index is -4.21. The Morgan fingerprint density at radius 1 is 1.41 bits per heavy atom. The van der Waals surface area contributed by atoms with Crippen LogP contribution in [0.5, 0.6) is 5.88 Å². The molecular weight excluding hydrogens is 237 g/mol. The molecule has 1 aromatic rings. The number of nitrogen functional groups attached to an aromatic ring is 1. The first kappa shape index (κ1) is 13.3. The Hall–Kier alpha value is -1.73. The van der Waals surface area contributed by atoms with Crippen molar-refractivity contribution in [3.8, 4) is 5.88 Å². The highest BCUT2D eigenvalue weighted by Crippen LogP contribution is 2.28. The molecule has 8 heteroatoms. The second-order valence-electron chi connectivity index (χ2n) is 3.41. The number of hydrogen-bond acceptors (Lipinski definition) is 5. The SMILES string of the molecule is COc1ncnc(N(C)CCC(F)(F)F)c1N. The number of nitrogens with two attached hydrogens (primary N) is 1. The molecule has 0 saturated carbocycles. The Morgan fingerprint density at radius 2 is 2.06 bits per heavy atom. The minimum absolute atomic E-state index is 0.125. The molecule has 1 aromatic heterocycles. The molecule has 0 unspecified atom stereocenters. The van der Waals surface area contributed by atoms with E-state index in [1.54, 1.807) is 0 Å². The van der Waals surface area contributed by atoms with Crippen molar-refractivity contribution in [1.82, 2.24) is 9.97 Å². The Labute approximate surface area is 96.4 Å². The first-order valence-electron chi connectivity index (χ1n) is 4.77. The van der Waals surface area contributed by atoms with Crippen molar-refractivity contribution < 1.29 is 17.9 Å². The van der Waals surface area contributed by atoms with Gasteiger partial charge in [0.1, 0.15) is 12.0 Å². The van der Waals surface area contributed by atoms with Gasteiger partial charge in [-0.15, -0.1) is 0 Å². The molecule has 2 N–H and O–H groups in total. The van der Waals surface area contributed by atoms with Gasteiger partial charge in [0.05, 0.1) is 13.5 Å². The summed E-state index contributed by atoms with van der Waals surface area (Å²) in [5.41, 5.74) is 5.79. The highest BCUT2D eigenvalue weighted by atomic mass is 19.4.